The van der Waals surface area contributed by atoms with E-state index in [0.717, 1.165) is 27.4 Å². The molecule has 0 fully saturated rings. The number of aryl methyl sites for hydroxylation is 1. The molecule has 0 bridgehead atoms. The number of pyridine rings is 1. The number of carbonyl (C=O) groups excluding carboxylic acids is 1. The lowest BCUT2D eigenvalue weighted by atomic mass is 9.95. The van der Waals surface area contributed by atoms with Crippen LogP contribution < -0.4 is 14.4 Å². The SMILES string of the molecule is C[n+]1c2c3c(cccc3c3ccc(C(=O)[O-])cc31)Oc1ccc(F)cc1-2. The first-order valence-electron chi connectivity index (χ1n) is 8.12. The monoisotopic (exact) mass is 345 g/mol. The lowest BCUT2D eigenvalue weighted by molar-refractivity contribution is -0.632. The van der Waals surface area contributed by atoms with E-state index in [1.54, 1.807) is 18.2 Å². The second kappa shape index (κ2) is 5.02. The molecule has 2 heterocycles. The van der Waals surface area contributed by atoms with Crippen molar-refractivity contribution < 1.29 is 23.6 Å². The van der Waals surface area contributed by atoms with Gasteiger partial charge in [0.25, 0.3) is 0 Å². The Kier molecular flexibility index (Phi) is 2.86. The molecule has 0 atom stereocenters. The number of aromatic carboxylic acids is 1. The van der Waals surface area contributed by atoms with Crippen LogP contribution in [0.15, 0.2) is 54.6 Å². The van der Waals surface area contributed by atoms with Crippen LogP contribution in [0.4, 0.5) is 4.39 Å². The Labute approximate surface area is 147 Å². The van der Waals surface area contributed by atoms with Gasteiger partial charge >= 0.3 is 0 Å². The van der Waals surface area contributed by atoms with Crippen molar-refractivity contribution >= 4 is 27.6 Å². The number of nitrogens with zero attached hydrogens (tertiary/aromatic N) is 1. The van der Waals surface area contributed by atoms with Gasteiger partial charge in [0, 0.05) is 17.0 Å². The van der Waals surface area contributed by atoms with E-state index in [2.05, 4.69) is 0 Å². The Hall–Kier alpha value is -3.47. The summed E-state index contributed by atoms with van der Waals surface area (Å²) in [6.07, 6.45) is 0. The number of carboxylic acids is 1. The number of rotatable bonds is 1. The third kappa shape index (κ3) is 1.88. The summed E-state index contributed by atoms with van der Waals surface area (Å²) >= 11 is 0. The zero-order chi connectivity index (χ0) is 18.0. The van der Waals surface area contributed by atoms with Gasteiger partial charge in [-0.1, -0.05) is 18.2 Å². The van der Waals surface area contributed by atoms with Gasteiger partial charge in [0.15, 0.2) is 0 Å². The fraction of sp³-hybridized carbons (Fsp3) is 0.0476. The Morgan fingerprint density at radius 3 is 2.69 bits per heavy atom. The smallest absolute Gasteiger partial charge is 0.228 e. The molecule has 3 aromatic carbocycles. The van der Waals surface area contributed by atoms with Crippen molar-refractivity contribution in [2.45, 2.75) is 0 Å². The average molecular weight is 345 g/mol. The van der Waals surface area contributed by atoms with E-state index in [-0.39, 0.29) is 11.4 Å². The van der Waals surface area contributed by atoms with Crippen molar-refractivity contribution in [1.82, 2.24) is 0 Å². The number of benzene rings is 3. The second-order valence-electron chi connectivity index (χ2n) is 6.35. The molecule has 126 valence electrons. The molecule has 4 nitrogen and oxygen atoms in total. The summed E-state index contributed by atoms with van der Waals surface area (Å²) in [5.41, 5.74) is 2.25. The van der Waals surface area contributed by atoms with Gasteiger partial charge in [-0.2, -0.15) is 4.57 Å². The molecule has 4 aromatic rings. The highest BCUT2D eigenvalue weighted by atomic mass is 19.1. The van der Waals surface area contributed by atoms with Crippen LogP contribution in [0.1, 0.15) is 10.4 Å². The molecule has 0 N–H and O–H groups in total. The maximum atomic E-state index is 13.9. The third-order valence-electron chi connectivity index (χ3n) is 4.90. The number of carboxylic acid groups (broad SMARTS) is 1. The first-order valence-corrected chi connectivity index (χ1v) is 8.12. The number of halogens is 1. The highest BCUT2D eigenvalue weighted by molar-refractivity contribution is 6.13. The van der Waals surface area contributed by atoms with Crippen LogP contribution >= 0.6 is 0 Å². The highest BCUT2D eigenvalue weighted by Crippen LogP contribution is 2.46. The maximum absolute atomic E-state index is 13.9. The summed E-state index contributed by atoms with van der Waals surface area (Å²) in [5, 5.41) is 14.0. The van der Waals surface area contributed by atoms with Gasteiger partial charge < -0.3 is 14.6 Å². The molecular weight excluding hydrogens is 333 g/mol. The van der Waals surface area contributed by atoms with Crippen molar-refractivity contribution in [3.05, 3.63) is 66.0 Å². The Morgan fingerprint density at radius 2 is 1.88 bits per heavy atom. The molecule has 0 radical (unpaired) electrons. The number of hydrogen-bond donors (Lipinski definition) is 0. The Morgan fingerprint density at radius 1 is 1.04 bits per heavy atom. The molecule has 0 spiro atoms. The predicted octanol–water partition coefficient (Wildman–Crippen LogP) is 3.09. The van der Waals surface area contributed by atoms with Crippen LogP contribution in [0, 0.1) is 5.82 Å². The van der Waals surface area contributed by atoms with Gasteiger partial charge in [0.05, 0.1) is 22.3 Å². The summed E-state index contributed by atoms with van der Waals surface area (Å²) < 4.78 is 21.8. The maximum Gasteiger partial charge on any atom is 0.228 e. The second-order valence-corrected chi connectivity index (χ2v) is 6.35. The first-order chi connectivity index (χ1) is 12.5. The van der Waals surface area contributed by atoms with Crippen LogP contribution in [0.5, 0.6) is 11.5 Å². The molecule has 0 saturated heterocycles. The molecule has 1 aliphatic rings. The number of fused-ring (bicyclic) bond motifs is 4. The summed E-state index contributed by atoms with van der Waals surface area (Å²) in [4.78, 5) is 11.3. The van der Waals surface area contributed by atoms with Crippen molar-refractivity contribution in [2.24, 2.45) is 7.05 Å². The number of hydrogen-bond acceptors (Lipinski definition) is 3. The van der Waals surface area contributed by atoms with Crippen molar-refractivity contribution in [3.63, 3.8) is 0 Å². The molecule has 5 rings (SSSR count). The van der Waals surface area contributed by atoms with Crippen molar-refractivity contribution in [1.29, 1.82) is 0 Å². The lowest BCUT2D eigenvalue weighted by Crippen LogP contribution is -2.34. The number of aromatic nitrogens is 1. The van der Waals surface area contributed by atoms with Crippen molar-refractivity contribution in [2.75, 3.05) is 0 Å². The standard InChI is InChI=1S/C21H12FNO3/c1-23-16-9-11(21(24)25)5-7-13(16)14-3-2-4-18-19(14)20(23)15-10-12(22)6-8-17(15)26-18/h2-10H,1H3. The Balaban J connectivity index is 2.02. The van der Waals surface area contributed by atoms with E-state index < -0.39 is 5.97 Å². The van der Waals surface area contributed by atoms with Gasteiger partial charge in [-0.05, 0) is 30.3 Å². The summed E-state index contributed by atoms with van der Waals surface area (Å²) in [6, 6.07) is 15.0. The van der Waals surface area contributed by atoms with Crippen molar-refractivity contribution in [3.8, 4) is 22.8 Å². The zero-order valence-corrected chi connectivity index (χ0v) is 13.7. The average Bonchev–Trinajstić information content (AvgIpc) is 2.64. The van der Waals surface area contributed by atoms with Gasteiger partial charge in [-0.3, -0.25) is 0 Å². The lowest BCUT2D eigenvalue weighted by Gasteiger charge is -2.20. The van der Waals surface area contributed by atoms with E-state index in [1.807, 2.05) is 29.8 Å². The fourth-order valence-corrected chi connectivity index (χ4v) is 3.75. The molecule has 0 amide bonds. The van der Waals surface area contributed by atoms with Gasteiger partial charge in [-0.15, -0.1) is 0 Å². The predicted molar refractivity (Wildman–Crippen MR) is 92.4 cm³/mol. The van der Waals surface area contributed by atoms with Gasteiger partial charge in [0.1, 0.15) is 24.4 Å². The summed E-state index contributed by atoms with van der Waals surface area (Å²) in [6.45, 7) is 0. The van der Waals surface area contributed by atoms with E-state index in [9.17, 15) is 14.3 Å². The molecule has 5 heteroatoms. The minimum atomic E-state index is -1.23. The van der Waals surface area contributed by atoms with Gasteiger partial charge in [-0.25, -0.2) is 4.39 Å². The van der Waals surface area contributed by atoms with Crippen LogP contribution in [0.2, 0.25) is 0 Å². The molecular formula is C21H12FNO3. The van der Waals surface area contributed by atoms with Gasteiger partial charge in [0.2, 0.25) is 11.2 Å². The largest absolute Gasteiger partial charge is 0.545 e. The molecule has 26 heavy (non-hydrogen) atoms. The van der Waals surface area contributed by atoms with E-state index in [0.29, 0.717) is 17.1 Å². The van der Waals surface area contributed by atoms with E-state index >= 15 is 0 Å². The molecule has 1 aromatic heterocycles. The fourth-order valence-electron chi connectivity index (χ4n) is 3.75. The van der Waals surface area contributed by atoms with Crippen LogP contribution in [-0.2, 0) is 7.05 Å². The number of carbonyl (C=O) groups is 1. The van der Waals surface area contributed by atoms with E-state index in [4.69, 9.17) is 4.74 Å². The third-order valence-corrected chi connectivity index (χ3v) is 4.90. The molecule has 0 saturated carbocycles. The Bertz CT molecular complexity index is 1260. The highest BCUT2D eigenvalue weighted by Gasteiger charge is 2.30. The quantitative estimate of drug-likeness (QED) is 0.346. The first kappa shape index (κ1) is 14.8. The summed E-state index contributed by atoms with van der Waals surface area (Å²) in [5.74, 6) is -0.330. The normalized spacial score (nSPS) is 12.1. The topological polar surface area (TPSA) is 53.2 Å². The zero-order valence-electron chi connectivity index (χ0n) is 13.7. The molecule has 1 aliphatic heterocycles. The minimum Gasteiger partial charge on any atom is -0.545 e. The summed E-state index contributed by atoms with van der Waals surface area (Å²) in [7, 11) is 1.84. The van der Waals surface area contributed by atoms with Crippen LogP contribution in [0.3, 0.4) is 0 Å². The number of ether oxygens (including phenoxy) is 1. The molecule has 0 aliphatic carbocycles. The van der Waals surface area contributed by atoms with Crippen LogP contribution in [-0.4, -0.2) is 5.97 Å². The minimum absolute atomic E-state index is 0.0994. The van der Waals surface area contributed by atoms with Crippen LogP contribution in [0.25, 0.3) is 32.9 Å². The van der Waals surface area contributed by atoms with E-state index in [1.165, 1.54) is 18.2 Å². The molecule has 0 unspecified atom stereocenters.